The number of para-hydroxylation sites is 2. The molecule has 2 aliphatic rings. The molecule has 1 atom stereocenters. The molecule has 8 nitrogen and oxygen atoms in total. The van der Waals surface area contributed by atoms with Crippen molar-refractivity contribution in [3.63, 3.8) is 0 Å². The van der Waals surface area contributed by atoms with E-state index in [0.29, 0.717) is 39.5 Å². The number of carbonyl (C=O) groups is 2. The highest BCUT2D eigenvalue weighted by molar-refractivity contribution is 7.99. The van der Waals surface area contributed by atoms with E-state index in [9.17, 15) is 9.59 Å². The van der Waals surface area contributed by atoms with Crippen LogP contribution in [0.3, 0.4) is 0 Å². The van der Waals surface area contributed by atoms with Gasteiger partial charge in [-0.25, -0.2) is 0 Å². The van der Waals surface area contributed by atoms with E-state index < -0.39 is 6.10 Å². The number of thioether (sulfide) groups is 1. The molecule has 2 amide bonds. The summed E-state index contributed by atoms with van der Waals surface area (Å²) in [6, 6.07) is 14.2. The average molecular weight is 409 g/mol. The standard InChI is InChI=1S/C20H15N3O5S/c24-18-12-5-1-2-6-13(12)19(25)23(18)9-10-29-20-22-21-17(28-20)16-11-26-14-7-3-4-8-15(14)27-16/h1-8,16H,9-11H2. The van der Waals surface area contributed by atoms with E-state index in [-0.39, 0.29) is 25.0 Å². The first kappa shape index (κ1) is 17.7. The summed E-state index contributed by atoms with van der Waals surface area (Å²) in [4.78, 5) is 26.0. The highest BCUT2D eigenvalue weighted by Crippen LogP contribution is 2.36. The van der Waals surface area contributed by atoms with E-state index in [1.165, 1.54) is 16.7 Å². The van der Waals surface area contributed by atoms with E-state index >= 15 is 0 Å². The van der Waals surface area contributed by atoms with Crippen LogP contribution in [-0.4, -0.2) is 45.8 Å². The van der Waals surface area contributed by atoms with Gasteiger partial charge in [-0.05, 0) is 24.3 Å². The van der Waals surface area contributed by atoms with Gasteiger partial charge in [0.15, 0.2) is 11.5 Å². The van der Waals surface area contributed by atoms with Gasteiger partial charge < -0.3 is 13.9 Å². The summed E-state index contributed by atoms with van der Waals surface area (Å²) < 4.78 is 17.2. The Bertz CT molecular complexity index is 1060. The zero-order valence-electron chi connectivity index (χ0n) is 15.1. The van der Waals surface area contributed by atoms with Gasteiger partial charge in [-0.2, -0.15) is 0 Å². The maximum atomic E-state index is 12.4. The van der Waals surface area contributed by atoms with Crippen molar-refractivity contribution >= 4 is 23.6 Å². The number of hydrogen-bond donors (Lipinski definition) is 0. The molecule has 5 rings (SSSR count). The normalized spacial score (nSPS) is 17.5. The second kappa shape index (κ2) is 7.25. The Labute approximate surface area is 169 Å². The minimum absolute atomic E-state index is 0.255. The molecule has 146 valence electrons. The van der Waals surface area contributed by atoms with E-state index in [4.69, 9.17) is 13.9 Å². The monoisotopic (exact) mass is 409 g/mol. The Balaban J connectivity index is 1.19. The van der Waals surface area contributed by atoms with Crippen molar-refractivity contribution in [2.24, 2.45) is 0 Å². The van der Waals surface area contributed by atoms with E-state index in [2.05, 4.69) is 10.2 Å². The van der Waals surface area contributed by atoms with Crippen molar-refractivity contribution in [2.45, 2.75) is 11.3 Å². The molecule has 0 saturated heterocycles. The fourth-order valence-corrected chi connectivity index (χ4v) is 3.91. The number of carbonyl (C=O) groups excluding carboxylic acids is 2. The quantitative estimate of drug-likeness (QED) is 0.469. The predicted molar refractivity (Wildman–Crippen MR) is 102 cm³/mol. The van der Waals surface area contributed by atoms with Crippen molar-refractivity contribution in [1.29, 1.82) is 0 Å². The van der Waals surface area contributed by atoms with Crippen LogP contribution in [0.5, 0.6) is 11.5 Å². The molecule has 0 N–H and O–H groups in total. The molecule has 3 aromatic rings. The summed E-state index contributed by atoms with van der Waals surface area (Å²) in [5.41, 5.74) is 0.884. The van der Waals surface area contributed by atoms with Crippen molar-refractivity contribution in [3.8, 4) is 11.5 Å². The molecular formula is C20H15N3O5S. The second-order valence-corrected chi connectivity index (χ2v) is 7.47. The number of nitrogens with zero attached hydrogens (tertiary/aromatic N) is 3. The Morgan fingerprint density at radius 1 is 0.966 bits per heavy atom. The minimum Gasteiger partial charge on any atom is -0.485 e. The molecule has 0 spiro atoms. The number of amides is 2. The molecule has 0 fully saturated rings. The summed E-state index contributed by atoms with van der Waals surface area (Å²) in [5, 5.41) is 8.39. The van der Waals surface area contributed by atoms with Crippen LogP contribution in [0.25, 0.3) is 0 Å². The number of ether oxygens (including phenoxy) is 2. The number of rotatable bonds is 5. The lowest BCUT2D eigenvalue weighted by Crippen LogP contribution is -2.31. The van der Waals surface area contributed by atoms with Crippen molar-refractivity contribution in [3.05, 3.63) is 65.5 Å². The summed E-state index contributed by atoms with van der Waals surface area (Å²) in [7, 11) is 0. The van der Waals surface area contributed by atoms with Crippen LogP contribution in [0.2, 0.25) is 0 Å². The van der Waals surface area contributed by atoms with E-state index in [0.717, 1.165) is 0 Å². The van der Waals surface area contributed by atoms with Gasteiger partial charge in [0.2, 0.25) is 6.10 Å². The SMILES string of the molecule is O=C1c2ccccc2C(=O)N1CCSc1nnc(C2COc3ccccc3O2)o1. The van der Waals surface area contributed by atoms with Crippen molar-refractivity contribution < 1.29 is 23.5 Å². The van der Waals surface area contributed by atoms with Gasteiger partial charge in [0, 0.05) is 12.3 Å². The van der Waals surface area contributed by atoms with Crippen LogP contribution in [0.1, 0.15) is 32.7 Å². The Hall–Kier alpha value is -3.33. The summed E-state index contributed by atoms with van der Waals surface area (Å²) in [5.74, 6) is 1.52. The number of benzene rings is 2. The highest BCUT2D eigenvalue weighted by Gasteiger charge is 2.34. The molecule has 1 unspecified atom stereocenters. The van der Waals surface area contributed by atoms with Crippen molar-refractivity contribution in [1.82, 2.24) is 15.1 Å². The molecule has 3 heterocycles. The molecule has 0 saturated carbocycles. The third-order valence-electron chi connectivity index (χ3n) is 4.62. The molecule has 2 aromatic carbocycles. The molecule has 0 radical (unpaired) electrons. The lowest BCUT2D eigenvalue weighted by molar-refractivity contribution is 0.0663. The predicted octanol–water partition coefficient (Wildman–Crippen LogP) is 2.97. The maximum Gasteiger partial charge on any atom is 0.276 e. The number of imide groups is 1. The average Bonchev–Trinajstić information content (AvgIpc) is 3.33. The molecule has 1 aromatic heterocycles. The van der Waals surface area contributed by atoms with Crippen LogP contribution in [0.4, 0.5) is 0 Å². The van der Waals surface area contributed by atoms with Gasteiger partial charge >= 0.3 is 0 Å². The topological polar surface area (TPSA) is 94.8 Å². The van der Waals surface area contributed by atoms with Gasteiger partial charge in [-0.3, -0.25) is 14.5 Å². The third-order valence-corrected chi connectivity index (χ3v) is 5.42. The van der Waals surface area contributed by atoms with Crippen LogP contribution >= 0.6 is 11.8 Å². The Morgan fingerprint density at radius 3 is 2.41 bits per heavy atom. The first-order valence-corrected chi connectivity index (χ1v) is 9.99. The number of fused-ring (bicyclic) bond motifs is 2. The lowest BCUT2D eigenvalue weighted by Gasteiger charge is -2.23. The first-order chi connectivity index (χ1) is 14.2. The lowest BCUT2D eigenvalue weighted by atomic mass is 10.1. The van der Waals surface area contributed by atoms with Gasteiger partial charge in [0.05, 0.1) is 11.1 Å². The molecule has 29 heavy (non-hydrogen) atoms. The van der Waals surface area contributed by atoms with Gasteiger partial charge in [0.1, 0.15) is 6.61 Å². The highest BCUT2D eigenvalue weighted by atomic mass is 32.2. The molecule has 2 aliphatic heterocycles. The van der Waals surface area contributed by atoms with E-state index in [1.54, 1.807) is 24.3 Å². The maximum absolute atomic E-state index is 12.4. The largest absolute Gasteiger partial charge is 0.485 e. The number of hydrogen-bond acceptors (Lipinski definition) is 8. The fraction of sp³-hybridized carbons (Fsp3) is 0.200. The van der Waals surface area contributed by atoms with Crippen LogP contribution in [0, 0.1) is 0 Å². The number of aromatic nitrogens is 2. The summed E-state index contributed by atoms with van der Waals surface area (Å²) in [6.07, 6.45) is -0.483. The zero-order valence-corrected chi connectivity index (χ0v) is 15.9. The summed E-state index contributed by atoms with van der Waals surface area (Å²) >= 11 is 1.28. The van der Waals surface area contributed by atoms with Gasteiger partial charge in [-0.1, -0.05) is 36.0 Å². The summed E-state index contributed by atoms with van der Waals surface area (Å²) in [6.45, 7) is 0.531. The molecule has 9 heteroatoms. The zero-order chi connectivity index (χ0) is 19.8. The smallest absolute Gasteiger partial charge is 0.276 e. The molecule has 0 aliphatic carbocycles. The Morgan fingerprint density at radius 2 is 1.66 bits per heavy atom. The first-order valence-electron chi connectivity index (χ1n) is 9.00. The van der Waals surface area contributed by atoms with E-state index in [1.807, 2.05) is 24.3 Å². The van der Waals surface area contributed by atoms with Crippen LogP contribution in [0.15, 0.2) is 58.2 Å². The minimum atomic E-state index is -0.483. The van der Waals surface area contributed by atoms with Crippen LogP contribution < -0.4 is 9.47 Å². The second-order valence-electron chi connectivity index (χ2n) is 6.43. The van der Waals surface area contributed by atoms with Crippen LogP contribution in [-0.2, 0) is 0 Å². The fourth-order valence-electron chi connectivity index (χ4n) is 3.22. The van der Waals surface area contributed by atoms with Crippen molar-refractivity contribution in [2.75, 3.05) is 18.9 Å². The third kappa shape index (κ3) is 3.23. The Kier molecular flexibility index (Phi) is 4.44. The van der Waals surface area contributed by atoms with Gasteiger partial charge in [0.25, 0.3) is 22.9 Å². The van der Waals surface area contributed by atoms with Gasteiger partial charge in [-0.15, -0.1) is 10.2 Å². The molecular weight excluding hydrogens is 394 g/mol. The molecule has 0 bridgehead atoms.